The predicted molar refractivity (Wildman–Crippen MR) is 149 cm³/mol. The summed E-state index contributed by atoms with van der Waals surface area (Å²) in [4.78, 5) is 45.4. The van der Waals surface area contributed by atoms with Crippen molar-refractivity contribution in [2.75, 3.05) is 36.5 Å². The van der Waals surface area contributed by atoms with Crippen LogP contribution in [-0.4, -0.2) is 77.4 Å². The summed E-state index contributed by atoms with van der Waals surface area (Å²) in [6.45, 7) is 15.5. The number of hydrogen-bond acceptors (Lipinski definition) is 7. The van der Waals surface area contributed by atoms with Crippen LogP contribution >= 0.6 is 0 Å². The van der Waals surface area contributed by atoms with Crippen LogP contribution in [-0.2, 0) is 23.9 Å². The van der Waals surface area contributed by atoms with Crippen LogP contribution in [0.1, 0.15) is 61.3 Å². The molecule has 1 spiro atoms. The summed E-state index contributed by atoms with van der Waals surface area (Å²) in [5.41, 5.74) is -0.432. The van der Waals surface area contributed by atoms with E-state index in [1.165, 1.54) is 4.90 Å². The second-order valence-corrected chi connectivity index (χ2v) is 11.9. The van der Waals surface area contributed by atoms with E-state index in [-0.39, 0.29) is 36.9 Å². The third-order valence-corrected chi connectivity index (χ3v) is 9.15. The van der Waals surface area contributed by atoms with Crippen LogP contribution in [0.2, 0.25) is 0 Å². The first kappa shape index (κ1) is 29.3. The first-order valence-corrected chi connectivity index (χ1v) is 14.4. The first-order chi connectivity index (χ1) is 18.5. The number of aliphatic hydroxyl groups is 1. The predicted octanol–water partition coefficient (Wildman–Crippen LogP) is 3.45. The minimum Gasteiger partial charge on any atom is -0.466 e. The van der Waals surface area contributed by atoms with Gasteiger partial charge in [0.1, 0.15) is 17.6 Å². The minimum atomic E-state index is -1.18. The van der Waals surface area contributed by atoms with E-state index in [0.717, 1.165) is 18.8 Å². The number of aliphatic hydroxyl groups excluding tert-OH is 1. The standard InChI is InChI=1S/C30H45N3O6/c1-8-32(9-2)21-13-11-20(12-14-21)31-26(35)25-30-16-19(6)29(7,39-30)24(28(37)38-10-3)23(30)27(36)33(25)22(17-34)15-18(4)5/h11-14,18-19,22-25,34H,8-10,15-17H2,1-7H3,(H,31,35)/t19?,22-,23+,24+,25?,29-,30?/m1/s1. The van der Waals surface area contributed by atoms with E-state index in [9.17, 15) is 19.5 Å². The zero-order valence-corrected chi connectivity index (χ0v) is 24.4. The Morgan fingerprint density at radius 1 is 1.21 bits per heavy atom. The van der Waals surface area contributed by atoms with Crippen molar-refractivity contribution in [3.05, 3.63) is 24.3 Å². The van der Waals surface area contributed by atoms with Crippen LogP contribution < -0.4 is 10.2 Å². The van der Waals surface area contributed by atoms with Gasteiger partial charge in [0.2, 0.25) is 11.8 Å². The summed E-state index contributed by atoms with van der Waals surface area (Å²) in [6.07, 6.45) is 0.982. The van der Waals surface area contributed by atoms with E-state index in [4.69, 9.17) is 9.47 Å². The van der Waals surface area contributed by atoms with Crippen LogP contribution in [0.4, 0.5) is 11.4 Å². The van der Waals surface area contributed by atoms with Crippen molar-refractivity contribution in [3.8, 4) is 0 Å². The van der Waals surface area contributed by atoms with Gasteiger partial charge in [-0.05, 0) is 76.6 Å². The number of carbonyl (C=O) groups excluding carboxylic acids is 3. The molecule has 3 saturated heterocycles. The lowest BCUT2D eigenvalue weighted by molar-refractivity contribution is -0.162. The van der Waals surface area contributed by atoms with Gasteiger partial charge in [0.25, 0.3) is 0 Å². The highest BCUT2D eigenvalue weighted by Crippen LogP contribution is 2.65. The molecule has 0 aliphatic carbocycles. The Hall–Kier alpha value is -2.65. The summed E-state index contributed by atoms with van der Waals surface area (Å²) in [7, 11) is 0. The molecule has 2 amide bonds. The van der Waals surface area contributed by atoms with E-state index in [1.54, 1.807) is 6.92 Å². The highest BCUT2D eigenvalue weighted by Gasteiger charge is 2.80. The molecule has 0 radical (unpaired) electrons. The third-order valence-electron chi connectivity index (χ3n) is 9.15. The molecule has 3 unspecified atom stereocenters. The summed E-state index contributed by atoms with van der Waals surface area (Å²) in [6, 6.07) is 6.08. The molecule has 0 aromatic heterocycles. The minimum absolute atomic E-state index is 0.0720. The molecule has 7 atom stereocenters. The van der Waals surface area contributed by atoms with Crippen molar-refractivity contribution < 1.29 is 29.0 Å². The molecule has 3 heterocycles. The fourth-order valence-corrected chi connectivity index (χ4v) is 7.34. The number of benzene rings is 1. The number of nitrogens with zero attached hydrogens (tertiary/aromatic N) is 2. The summed E-state index contributed by atoms with van der Waals surface area (Å²) >= 11 is 0. The monoisotopic (exact) mass is 543 g/mol. The summed E-state index contributed by atoms with van der Waals surface area (Å²) in [5.74, 6) is -2.72. The molecule has 3 fully saturated rings. The number of nitrogens with one attached hydrogen (secondary N) is 1. The normalized spacial score (nSPS) is 31.9. The SMILES string of the molecule is CCOC(=O)[C@@H]1[C@H]2C(=O)N([C@@H](CO)CC(C)C)C(C(=O)Nc3ccc(N(CC)CC)cc3)C23CC(C)[C@@]1(C)O3. The maximum Gasteiger partial charge on any atom is 0.312 e. The second kappa shape index (κ2) is 11.1. The Morgan fingerprint density at radius 2 is 1.85 bits per heavy atom. The Bertz CT molecular complexity index is 1070. The molecule has 9 heteroatoms. The maximum atomic E-state index is 14.2. The number of amides is 2. The number of likely N-dealkylation sites (tertiary alicyclic amines) is 1. The van der Waals surface area contributed by atoms with Gasteiger partial charge in [0.05, 0.1) is 30.8 Å². The first-order valence-electron chi connectivity index (χ1n) is 14.4. The summed E-state index contributed by atoms with van der Waals surface area (Å²) in [5, 5.41) is 13.4. The van der Waals surface area contributed by atoms with Gasteiger partial charge in [-0.3, -0.25) is 14.4 Å². The number of carbonyl (C=O) groups is 3. The van der Waals surface area contributed by atoms with Gasteiger partial charge in [-0.25, -0.2) is 0 Å². The average Bonchev–Trinajstić information content (AvgIpc) is 3.41. The lowest BCUT2D eigenvalue weighted by Gasteiger charge is -2.37. The fourth-order valence-electron chi connectivity index (χ4n) is 7.34. The highest BCUT2D eigenvalue weighted by atomic mass is 16.6. The van der Waals surface area contributed by atoms with Gasteiger partial charge in [0.15, 0.2) is 0 Å². The molecular weight excluding hydrogens is 498 g/mol. The van der Waals surface area contributed by atoms with Gasteiger partial charge >= 0.3 is 5.97 Å². The van der Waals surface area contributed by atoms with Gasteiger partial charge in [-0.2, -0.15) is 0 Å². The molecule has 1 aromatic rings. The molecule has 216 valence electrons. The lowest BCUT2D eigenvalue weighted by atomic mass is 9.62. The number of fused-ring (bicyclic) bond motifs is 1. The molecule has 9 nitrogen and oxygen atoms in total. The van der Waals surface area contributed by atoms with Crippen LogP contribution in [0.15, 0.2) is 24.3 Å². The Kier molecular flexibility index (Phi) is 8.34. The molecule has 4 rings (SSSR count). The molecule has 2 N–H and O–H groups in total. The third kappa shape index (κ3) is 4.71. The van der Waals surface area contributed by atoms with Crippen molar-refractivity contribution in [2.45, 2.75) is 84.6 Å². The second-order valence-electron chi connectivity index (χ2n) is 11.9. The van der Waals surface area contributed by atoms with Crippen molar-refractivity contribution >= 4 is 29.2 Å². The van der Waals surface area contributed by atoms with Crippen LogP contribution in [0.5, 0.6) is 0 Å². The largest absolute Gasteiger partial charge is 0.466 e. The maximum absolute atomic E-state index is 14.2. The smallest absolute Gasteiger partial charge is 0.312 e. The quantitative estimate of drug-likeness (QED) is 0.412. The Morgan fingerprint density at radius 3 is 2.38 bits per heavy atom. The van der Waals surface area contributed by atoms with Crippen molar-refractivity contribution in [2.24, 2.45) is 23.7 Å². The van der Waals surface area contributed by atoms with Gasteiger partial charge in [-0.1, -0.05) is 20.8 Å². The number of rotatable bonds is 11. The molecule has 39 heavy (non-hydrogen) atoms. The average molecular weight is 544 g/mol. The molecular formula is C30H45N3O6. The van der Waals surface area contributed by atoms with Crippen molar-refractivity contribution in [1.82, 2.24) is 4.90 Å². The number of esters is 1. The van der Waals surface area contributed by atoms with E-state index in [1.807, 2.05) is 52.0 Å². The molecule has 3 aliphatic heterocycles. The molecule has 2 bridgehead atoms. The highest BCUT2D eigenvalue weighted by molar-refractivity contribution is 6.03. The fraction of sp³-hybridized carbons (Fsp3) is 0.700. The van der Waals surface area contributed by atoms with Crippen molar-refractivity contribution in [3.63, 3.8) is 0 Å². The molecule has 3 aliphatic rings. The number of hydrogen-bond donors (Lipinski definition) is 2. The summed E-state index contributed by atoms with van der Waals surface area (Å²) < 4.78 is 12.1. The Labute approximate surface area is 232 Å². The topological polar surface area (TPSA) is 108 Å². The number of ether oxygens (including phenoxy) is 2. The van der Waals surface area contributed by atoms with Crippen LogP contribution in [0.3, 0.4) is 0 Å². The Balaban J connectivity index is 1.74. The zero-order chi connectivity index (χ0) is 28.7. The lowest BCUT2D eigenvalue weighted by Crippen LogP contribution is -2.56. The van der Waals surface area contributed by atoms with Gasteiger partial charge in [-0.15, -0.1) is 0 Å². The van der Waals surface area contributed by atoms with E-state index in [2.05, 4.69) is 24.1 Å². The van der Waals surface area contributed by atoms with E-state index >= 15 is 0 Å². The van der Waals surface area contributed by atoms with Crippen LogP contribution in [0, 0.1) is 23.7 Å². The van der Waals surface area contributed by atoms with Crippen molar-refractivity contribution in [1.29, 1.82) is 0 Å². The molecule has 0 saturated carbocycles. The zero-order valence-electron chi connectivity index (χ0n) is 24.4. The number of anilines is 2. The van der Waals surface area contributed by atoms with Gasteiger partial charge < -0.3 is 29.7 Å². The molecule has 1 aromatic carbocycles. The van der Waals surface area contributed by atoms with Gasteiger partial charge in [0, 0.05) is 24.5 Å². The van der Waals surface area contributed by atoms with Crippen LogP contribution in [0.25, 0.3) is 0 Å². The van der Waals surface area contributed by atoms with E-state index in [0.29, 0.717) is 18.5 Å². The van der Waals surface area contributed by atoms with E-state index < -0.39 is 41.1 Å².